The molecule has 0 aromatic heterocycles. The summed E-state index contributed by atoms with van der Waals surface area (Å²) in [7, 11) is 1.71. The van der Waals surface area contributed by atoms with Crippen LogP contribution >= 0.6 is 0 Å². The predicted molar refractivity (Wildman–Crippen MR) is 44.6 cm³/mol. The third-order valence-electron chi connectivity index (χ3n) is 1.81. The molecule has 1 aliphatic heterocycles. The van der Waals surface area contributed by atoms with Gasteiger partial charge in [-0.3, -0.25) is 0 Å². The highest BCUT2D eigenvalue weighted by atomic mass is 28.2. The highest BCUT2D eigenvalue weighted by molar-refractivity contribution is 6.31. The van der Waals surface area contributed by atoms with E-state index in [4.69, 9.17) is 4.84 Å². The molecule has 1 aliphatic rings. The Morgan fingerprint density at radius 1 is 1.50 bits per heavy atom. The minimum absolute atomic E-state index is 0.0634. The predicted octanol–water partition coefficient (Wildman–Crippen LogP) is -0.655. The molecule has 4 heteroatoms. The summed E-state index contributed by atoms with van der Waals surface area (Å²) in [5.41, 5.74) is 0. The first-order valence-corrected chi connectivity index (χ1v) is 5.56. The summed E-state index contributed by atoms with van der Waals surface area (Å²) < 4.78 is 2.14. The third-order valence-corrected chi connectivity index (χ3v) is 3.70. The molecule has 1 N–H and O–H groups in total. The van der Waals surface area contributed by atoms with E-state index in [1.54, 1.807) is 7.11 Å². The maximum atomic E-state index is 5.18. The van der Waals surface area contributed by atoms with Gasteiger partial charge < -0.3 is 10.2 Å². The van der Waals surface area contributed by atoms with Crippen molar-refractivity contribution >= 4 is 9.68 Å². The molecule has 0 unspecified atom stereocenters. The van der Waals surface area contributed by atoms with Crippen LogP contribution in [0.2, 0.25) is 6.04 Å². The molecule has 1 fully saturated rings. The van der Waals surface area contributed by atoms with E-state index in [0.717, 1.165) is 13.1 Å². The molecule has 1 saturated heterocycles. The summed E-state index contributed by atoms with van der Waals surface area (Å²) in [6.07, 6.45) is 1.33. The number of rotatable bonds is 1. The van der Waals surface area contributed by atoms with Gasteiger partial charge in [0.25, 0.3) is 0 Å². The van der Waals surface area contributed by atoms with E-state index in [-0.39, 0.29) is 9.68 Å². The number of nitrogens with one attached hydrogen (secondary N) is 1. The first-order chi connectivity index (χ1) is 4.93. The lowest BCUT2D eigenvalue weighted by Gasteiger charge is -2.21. The van der Waals surface area contributed by atoms with Crippen LogP contribution < -0.4 is 5.32 Å². The molecule has 10 heavy (non-hydrogen) atoms. The fourth-order valence-electron chi connectivity index (χ4n) is 1.16. The molecule has 0 bridgehead atoms. The SMILES string of the molecule is CON1CCNCCC[SiH2]1. The summed E-state index contributed by atoms with van der Waals surface area (Å²) in [5, 5.41) is 3.35. The van der Waals surface area contributed by atoms with Crippen molar-refractivity contribution in [3.05, 3.63) is 0 Å². The molecule has 1 rings (SSSR count). The van der Waals surface area contributed by atoms with Crippen LogP contribution in [-0.4, -0.2) is 41.2 Å². The van der Waals surface area contributed by atoms with E-state index in [1.165, 1.54) is 19.0 Å². The van der Waals surface area contributed by atoms with Gasteiger partial charge in [-0.05, 0) is 19.0 Å². The monoisotopic (exact) mass is 160 g/mol. The summed E-state index contributed by atoms with van der Waals surface area (Å²) in [5.74, 6) is 0. The lowest BCUT2D eigenvalue weighted by molar-refractivity contribution is -0.0523. The average Bonchev–Trinajstić information content (AvgIpc) is 1.87. The highest BCUT2D eigenvalue weighted by Crippen LogP contribution is 1.95. The minimum Gasteiger partial charge on any atom is -0.315 e. The van der Waals surface area contributed by atoms with E-state index in [2.05, 4.69) is 10.0 Å². The molecule has 0 saturated carbocycles. The van der Waals surface area contributed by atoms with Crippen molar-refractivity contribution in [2.24, 2.45) is 0 Å². The maximum Gasteiger partial charge on any atom is 0.129 e. The summed E-state index contributed by atoms with van der Waals surface area (Å²) >= 11 is 0. The van der Waals surface area contributed by atoms with E-state index in [0.29, 0.717) is 0 Å². The maximum absolute atomic E-state index is 5.18. The Morgan fingerprint density at radius 2 is 2.40 bits per heavy atom. The summed E-state index contributed by atoms with van der Waals surface area (Å²) in [6, 6.07) is 1.38. The number of hydroxylamine groups is 1. The molecule has 0 amide bonds. The Labute approximate surface area is 64.6 Å². The fraction of sp³-hybridized carbons (Fsp3) is 1.00. The minimum atomic E-state index is -0.0634. The van der Waals surface area contributed by atoms with Crippen LogP contribution in [0.5, 0.6) is 0 Å². The van der Waals surface area contributed by atoms with Gasteiger partial charge in [0.1, 0.15) is 9.68 Å². The van der Waals surface area contributed by atoms with Gasteiger partial charge in [-0.1, -0.05) is 0 Å². The lowest BCUT2D eigenvalue weighted by atomic mass is 10.4. The van der Waals surface area contributed by atoms with Gasteiger partial charge >= 0.3 is 0 Å². The van der Waals surface area contributed by atoms with E-state index >= 15 is 0 Å². The third kappa shape index (κ3) is 2.79. The molecular formula is C6H16N2OSi. The molecule has 3 nitrogen and oxygen atoms in total. The van der Waals surface area contributed by atoms with Gasteiger partial charge in [0.15, 0.2) is 0 Å². The van der Waals surface area contributed by atoms with Crippen LogP contribution in [0.4, 0.5) is 0 Å². The molecular weight excluding hydrogens is 144 g/mol. The van der Waals surface area contributed by atoms with Crippen molar-refractivity contribution in [2.45, 2.75) is 12.5 Å². The lowest BCUT2D eigenvalue weighted by Crippen LogP contribution is -2.37. The van der Waals surface area contributed by atoms with Gasteiger partial charge in [-0.15, -0.1) is 0 Å². The largest absolute Gasteiger partial charge is 0.315 e. The Kier molecular flexibility index (Phi) is 3.97. The van der Waals surface area contributed by atoms with Gasteiger partial charge in [0.05, 0.1) is 7.11 Å². The summed E-state index contributed by atoms with van der Waals surface area (Å²) in [4.78, 5) is 5.18. The Morgan fingerprint density at radius 3 is 3.20 bits per heavy atom. The second kappa shape index (κ2) is 4.84. The van der Waals surface area contributed by atoms with Crippen LogP contribution in [0.15, 0.2) is 0 Å². The molecule has 0 aliphatic carbocycles. The van der Waals surface area contributed by atoms with Crippen molar-refractivity contribution < 1.29 is 4.84 Å². The standard InChI is InChI=1S/C6H16N2OSi/c1-9-8-5-4-7-3-2-6-10-8/h7H,2-6,10H2,1H3. The Bertz CT molecular complexity index is 83.8. The summed E-state index contributed by atoms with van der Waals surface area (Å²) in [6.45, 7) is 3.36. The van der Waals surface area contributed by atoms with Crippen molar-refractivity contribution in [2.75, 3.05) is 26.7 Å². The topological polar surface area (TPSA) is 24.5 Å². The highest BCUT2D eigenvalue weighted by Gasteiger charge is 2.05. The second-order valence-corrected chi connectivity index (χ2v) is 4.43. The van der Waals surface area contributed by atoms with Crippen molar-refractivity contribution in [3.63, 3.8) is 0 Å². The zero-order valence-corrected chi connectivity index (χ0v) is 8.01. The van der Waals surface area contributed by atoms with Crippen LogP contribution in [0.1, 0.15) is 6.42 Å². The molecule has 60 valence electrons. The molecule has 0 aromatic carbocycles. The second-order valence-electron chi connectivity index (χ2n) is 2.57. The van der Waals surface area contributed by atoms with Crippen LogP contribution in [0.25, 0.3) is 0 Å². The molecule has 0 radical (unpaired) electrons. The first kappa shape index (κ1) is 8.20. The number of nitrogens with zero attached hydrogens (tertiary/aromatic N) is 1. The molecule has 1 heterocycles. The smallest absolute Gasteiger partial charge is 0.129 e. The average molecular weight is 160 g/mol. The van der Waals surface area contributed by atoms with Crippen molar-refractivity contribution in [1.29, 1.82) is 0 Å². The van der Waals surface area contributed by atoms with E-state index in [9.17, 15) is 0 Å². The first-order valence-electron chi connectivity index (χ1n) is 3.93. The van der Waals surface area contributed by atoms with Crippen LogP contribution in [0.3, 0.4) is 0 Å². The zero-order valence-electron chi connectivity index (χ0n) is 6.60. The Hall–Kier alpha value is 0.0969. The normalized spacial score (nSPS) is 26.1. The van der Waals surface area contributed by atoms with Crippen molar-refractivity contribution in [1.82, 2.24) is 10.0 Å². The molecule has 0 spiro atoms. The van der Waals surface area contributed by atoms with Gasteiger partial charge in [-0.25, -0.2) is 4.73 Å². The Balaban J connectivity index is 2.16. The molecule has 0 atom stereocenters. The quantitative estimate of drug-likeness (QED) is 0.516. The molecule has 0 aromatic rings. The zero-order chi connectivity index (χ0) is 7.23. The number of hydrogen-bond acceptors (Lipinski definition) is 3. The fourth-order valence-corrected chi connectivity index (χ4v) is 2.55. The van der Waals surface area contributed by atoms with Crippen molar-refractivity contribution in [3.8, 4) is 0 Å². The van der Waals surface area contributed by atoms with Gasteiger partial charge in [0, 0.05) is 13.1 Å². The van der Waals surface area contributed by atoms with Crippen LogP contribution in [0, 0.1) is 0 Å². The van der Waals surface area contributed by atoms with Gasteiger partial charge in [0.2, 0.25) is 0 Å². The van der Waals surface area contributed by atoms with Crippen LogP contribution in [-0.2, 0) is 4.84 Å². The van der Waals surface area contributed by atoms with E-state index in [1.807, 2.05) is 0 Å². The number of hydrogen-bond donors (Lipinski definition) is 1. The van der Waals surface area contributed by atoms with Gasteiger partial charge in [-0.2, -0.15) is 0 Å². The van der Waals surface area contributed by atoms with E-state index < -0.39 is 0 Å².